The van der Waals surface area contributed by atoms with Gasteiger partial charge in [-0.05, 0) is 44.0 Å². The molecule has 1 aliphatic heterocycles. The van der Waals surface area contributed by atoms with Crippen LogP contribution in [0, 0.1) is 0 Å². The molecule has 2 fully saturated rings. The minimum atomic E-state index is -0.212. The third-order valence-electron chi connectivity index (χ3n) is 4.44. The van der Waals surface area contributed by atoms with Gasteiger partial charge >= 0.3 is 6.03 Å². The molecule has 1 saturated carbocycles. The van der Waals surface area contributed by atoms with E-state index in [1.807, 2.05) is 0 Å². The standard InChI is InChI=1S/C18H27N5O2/c24-17(20-7-2-10-23-11-8-19-9-12-23)14-3-1-4-16(13-14)22-18(25)21-15-5-6-15/h1,3-4,13,15,19H,2,5-12H2,(H,20,24)(H2,21,22,25). The molecule has 3 rings (SSSR count). The van der Waals surface area contributed by atoms with Crippen LogP contribution in [-0.4, -0.2) is 62.1 Å². The summed E-state index contributed by atoms with van der Waals surface area (Å²) in [6.45, 7) is 5.89. The van der Waals surface area contributed by atoms with Crippen LogP contribution in [0.1, 0.15) is 29.6 Å². The molecular formula is C18H27N5O2. The highest BCUT2D eigenvalue weighted by atomic mass is 16.2. The summed E-state index contributed by atoms with van der Waals surface area (Å²) in [5.74, 6) is -0.105. The summed E-state index contributed by atoms with van der Waals surface area (Å²) in [4.78, 5) is 26.4. The van der Waals surface area contributed by atoms with Crippen LogP contribution < -0.4 is 21.3 Å². The quantitative estimate of drug-likeness (QED) is 0.555. The molecule has 0 aromatic heterocycles. The van der Waals surface area contributed by atoms with Crippen molar-refractivity contribution in [3.05, 3.63) is 29.8 Å². The lowest BCUT2D eigenvalue weighted by Gasteiger charge is -2.27. The highest BCUT2D eigenvalue weighted by molar-refractivity contribution is 5.96. The SMILES string of the molecule is O=C(Nc1cccc(C(=O)NCCCN2CCNCC2)c1)NC1CC1. The van der Waals surface area contributed by atoms with E-state index in [-0.39, 0.29) is 11.9 Å². The molecule has 0 unspecified atom stereocenters. The number of carbonyl (C=O) groups excluding carboxylic acids is 2. The maximum absolute atomic E-state index is 12.3. The van der Waals surface area contributed by atoms with Crippen molar-refractivity contribution in [2.45, 2.75) is 25.3 Å². The van der Waals surface area contributed by atoms with Gasteiger partial charge < -0.3 is 26.2 Å². The molecule has 0 spiro atoms. The zero-order valence-corrected chi connectivity index (χ0v) is 14.5. The molecule has 1 saturated heterocycles. The molecule has 1 aromatic rings. The number of nitrogens with one attached hydrogen (secondary N) is 4. The van der Waals surface area contributed by atoms with Crippen molar-refractivity contribution in [1.29, 1.82) is 0 Å². The largest absolute Gasteiger partial charge is 0.352 e. The molecule has 25 heavy (non-hydrogen) atoms. The Labute approximate surface area is 148 Å². The smallest absolute Gasteiger partial charge is 0.319 e. The first-order valence-electron chi connectivity index (χ1n) is 9.09. The number of anilines is 1. The molecule has 7 nitrogen and oxygen atoms in total. The van der Waals surface area contributed by atoms with E-state index < -0.39 is 0 Å². The first-order chi connectivity index (χ1) is 12.2. The first-order valence-corrected chi connectivity index (χ1v) is 9.09. The van der Waals surface area contributed by atoms with Gasteiger partial charge in [-0.2, -0.15) is 0 Å². The van der Waals surface area contributed by atoms with E-state index >= 15 is 0 Å². The average molecular weight is 345 g/mol. The summed E-state index contributed by atoms with van der Waals surface area (Å²) in [6, 6.07) is 7.13. The third-order valence-corrected chi connectivity index (χ3v) is 4.44. The maximum Gasteiger partial charge on any atom is 0.319 e. The fourth-order valence-electron chi connectivity index (χ4n) is 2.86. The molecule has 0 atom stereocenters. The van der Waals surface area contributed by atoms with E-state index in [4.69, 9.17) is 0 Å². The van der Waals surface area contributed by atoms with Crippen molar-refractivity contribution in [1.82, 2.24) is 20.9 Å². The van der Waals surface area contributed by atoms with Crippen LogP contribution in [-0.2, 0) is 0 Å². The van der Waals surface area contributed by atoms with Crippen LogP contribution in [0.5, 0.6) is 0 Å². The Morgan fingerprint density at radius 2 is 2.00 bits per heavy atom. The molecule has 7 heteroatoms. The normalized spacial score (nSPS) is 17.8. The zero-order chi connectivity index (χ0) is 17.5. The molecule has 0 bridgehead atoms. The zero-order valence-electron chi connectivity index (χ0n) is 14.5. The van der Waals surface area contributed by atoms with E-state index in [9.17, 15) is 9.59 Å². The van der Waals surface area contributed by atoms with Crippen LogP contribution in [0.2, 0.25) is 0 Å². The first kappa shape index (κ1) is 17.7. The summed E-state index contributed by atoms with van der Waals surface area (Å²) < 4.78 is 0. The topological polar surface area (TPSA) is 85.5 Å². The van der Waals surface area contributed by atoms with Crippen molar-refractivity contribution in [3.8, 4) is 0 Å². The predicted molar refractivity (Wildman–Crippen MR) is 97.9 cm³/mol. The highest BCUT2D eigenvalue weighted by Gasteiger charge is 2.23. The van der Waals surface area contributed by atoms with Gasteiger partial charge in [0.2, 0.25) is 0 Å². The molecule has 1 aliphatic carbocycles. The Morgan fingerprint density at radius 1 is 1.20 bits per heavy atom. The van der Waals surface area contributed by atoms with Gasteiger partial charge in [-0.1, -0.05) is 6.07 Å². The lowest BCUT2D eigenvalue weighted by molar-refractivity contribution is 0.0951. The number of urea groups is 1. The van der Waals surface area contributed by atoms with Crippen molar-refractivity contribution >= 4 is 17.6 Å². The van der Waals surface area contributed by atoms with Crippen LogP contribution in [0.25, 0.3) is 0 Å². The van der Waals surface area contributed by atoms with E-state index in [0.29, 0.717) is 23.8 Å². The molecule has 136 valence electrons. The third kappa shape index (κ3) is 6.03. The number of piperazine rings is 1. The number of amides is 3. The van der Waals surface area contributed by atoms with Gasteiger partial charge in [0.05, 0.1) is 0 Å². The van der Waals surface area contributed by atoms with Crippen LogP contribution in [0.4, 0.5) is 10.5 Å². The fraction of sp³-hybridized carbons (Fsp3) is 0.556. The second-order valence-corrected chi connectivity index (χ2v) is 6.65. The fourth-order valence-corrected chi connectivity index (χ4v) is 2.86. The van der Waals surface area contributed by atoms with Gasteiger partial charge in [0.25, 0.3) is 5.91 Å². The van der Waals surface area contributed by atoms with Crippen molar-refractivity contribution in [2.24, 2.45) is 0 Å². The minimum absolute atomic E-state index is 0.105. The molecule has 2 aliphatic rings. The van der Waals surface area contributed by atoms with Crippen molar-refractivity contribution in [2.75, 3.05) is 44.6 Å². The lowest BCUT2D eigenvalue weighted by Crippen LogP contribution is -2.44. The van der Waals surface area contributed by atoms with Gasteiger partial charge in [0.1, 0.15) is 0 Å². The number of benzene rings is 1. The van der Waals surface area contributed by atoms with E-state index in [1.165, 1.54) is 0 Å². The van der Waals surface area contributed by atoms with Gasteiger partial charge in [0.15, 0.2) is 0 Å². The molecular weight excluding hydrogens is 318 g/mol. The van der Waals surface area contributed by atoms with Crippen LogP contribution in [0.3, 0.4) is 0 Å². The van der Waals surface area contributed by atoms with Crippen molar-refractivity contribution in [3.63, 3.8) is 0 Å². The van der Waals surface area contributed by atoms with Crippen LogP contribution >= 0.6 is 0 Å². The number of carbonyl (C=O) groups is 2. The summed E-state index contributed by atoms with van der Waals surface area (Å²) >= 11 is 0. The van der Waals surface area contributed by atoms with Crippen LogP contribution in [0.15, 0.2) is 24.3 Å². The maximum atomic E-state index is 12.3. The molecule has 3 amide bonds. The number of nitrogens with zero attached hydrogens (tertiary/aromatic N) is 1. The number of hydrogen-bond acceptors (Lipinski definition) is 4. The average Bonchev–Trinajstić information content (AvgIpc) is 3.43. The Bertz CT molecular complexity index is 597. The molecule has 4 N–H and O–H groups in total. The summed E-state index contributed by atoms with van der Waals surface area (Å²) in [5.41, 5.74) is 1.19. The van der Waals surface area contributed by atoms with E-state index in [2.05, 4.69) is 26.2 Å². The molecule has 1 heterocycles. The molecule has 1 aromatic carbocycles. The summed E-state index contributed by atoms with van der Waals surface area (Å²) in [5, 5.41) is 11.9. The lowest BCUT2D eigenvalue weighted by atomic mass is 10.2. The van der Waals surface area contributed by atoms with Crippen molar-refractivity contribution < 1.29 is 9.59 Å². The van der Waals surface area contributed by atoms with E-state index in [1.54, 1.807) is 24.3 Å². The van der Waals surface area contributed by atoms with Gasteiger partial charge in [-0.3, -0.25) is 4.79 Å². The highest BCUT2D eigenvalue weighted by Crippen LogP contribution is 2.19. The second kappa shape index (κ2) is 8.82. The number of hydrogen-bond donors (Lipinski definition) is 4. The molecule has 0 radical (unpaired) electrons. The summed E-state index contributed by atoms with van der Waals surface area (Å²) in [6.07, 6.45) is 3.03. The van der Waals surface area contributed by atoms with Gasteiger partial charge in [-0.15, -0.1) is 0 Å². The Morgan fingerprint density at radius 3 is 2.76 bits per heavy atom. The predicted octanol–water partition coefficient (Wildman–Crippen LogP) is 0.996. The Balaban J connectivity index is 1.40. The minimum Gasteiger partial charge on any atom is -0.352 e. The Kier molecular flexibility index (Phi) is 6.25. The number of rotatable bonds is 7. The summed E-state index contributed by atoms with van der Waals surface area (Å²) in [7, 11) is 0. The second-order valence-electron chi connectivity index (χ2n) is 6.65. The monoisotopic (exact) mass is 345 g/mol. The Hall–Kier alpha value is -2.12. The van der Waals surface area contributed by atoms with E-state index in [0.717, 1.165) is 52.0 Å². The van der Waals surface area contributed by atoms with Gasteiger partial charge in [0, 0.05) is 50.0 Å². The van der Waals surface area contributed by atoms with Gasteiger partial charge in [-0.25, -0.2) is 4.79 Å².